The summed E-state index contributed by atoms with van der Waals surface area (Å²) in [5.74, 6) is -0.0244. The molecule has 0 bridgehead atoms. The van der Waals surface area contributed by atoms with Crippen molar-refractivity contribution in [3.8, 4) is 0 Å². The number of rotatable bonds is 6. The molecule has 0 saturated heterocycles. The number of hydrogen-bond acceptors (Lipinski definition) is 2. The molecular formula is C13H20N2O2. The first-order valence-corrected chi connectivity index (χ1v) is 5.82. The molecule has 94 valence electrons. The molecule has 0 aliphatic rings. The van der Waals surface area contributed by atoms with Crippen molar-refractivity contribution in [1.29, 1.82) is 0 Å². The lowest BCUT2D eigenvalue weighted by Crippen LogP contribution is -2.36. The average molecular weight is 236 g/mol. The van der Waals surface area contributed by atoms with Gasteiger partial charge in [-0.3, -0.25) is 4.79 Å². The van der Waals surface area contributed by atoms with Crippen molar-refractivity contribution in [2.45, 2.75) is 39.0 Å². The van der Waals surface area contributed by atoms with Crippen LogP contribution >= 0.6 is 0 Å². The maximum absolute atomic E-state index is 11.5. The largest absolute Gasteiger partial charge is 0.364 e. The molecule has 0 fully saturated rings. The standard InChI is InChI=1S/C13H20N2O2/c1-10(16)6-7-12(17)15-9-13(2,3)11-5-4-8-14-11/h4-5,8,14H,6-7,9H2,1-3H3,(H,15,17). The van der Waals surface area contributed by atoms with E-state index in [2.05, 4.69) is 24.1 Å². The molecule has 0 spiro atoms. The summed E-state index contributed by atoms with van der Waals surface area (Å²) < 4.78 is 0. The van der Waals surface area contributed by atoms with E-state index in [-0.39, 0.29) is 23.5 Å². The summed E-state index contributed by atoms with van der Waals surface area (Å²) in [5.41, 5.74) is 0.958. The minimum absolute atomic E-state index is 0.0452. The number of ketones is 1. The molecule has 1 rings (SSSR count). The summed E-state index contributed by atoms with van der Waals surface area (Å²) in [6, 6.07) is 3.94. The summed E-state index contributed by atoms with van der Waals surface area (Å²) in [4.78, 5) is 25.4. The molecule has 0 aliphatic heterocycles. The van der Waals surface area contributed by atoms with Crippen molar-refractivity contribution in [1.82, 2.24) is 10.3 Å². The molecule has 0 aromatic carbocycles. The normalized spacial score (nSPS) is 11.2. The summed E-state index contributed by atoms with van der Waals surface area (Å²) in [5, 5.41) is 2.86. The van der Waals surface area contributed by atoms with Gasteiger partial charge in [0.25, 0.3) is 0 Å². The number of nitrogens with one attached hydrogen (secondary N) is 2. The zero-order valence-electron chi connectivity index (χ0n) is 10.7. The van der Waals surface area contributed by atoms with E-state index in [1.54, 1.807) is 0 Å². The molecule has 1 amide bonds. The minimum atomic E-state index is -0.130. The number of amides is 1. The van der Waals surface area contributed by atoms with E-state index in [4.69, 9.17) is 0 Å². The minimum Gasteiger partial charge on any atom is -0.364 e. The van der Waals surface area contributed by atoms with Crippen molar-refractivity contribution in [2.24, 2.45) is 0 Å². The van der Waals surface area contributed by atoms with Crippen LogP contribution < -0.4 is 5.32 Å². The van der Waals surface area contributed by atoms with E-state index in [9.17, 15) is 9.59 Å². The van der Waals surface area contributed by atoms with Gasteiger partial charge in [0.1, 0.15) is 5.78 Å². The van der Waals surface area contributed by atoms with Crippen LogP contribution in [0.4, 0.5) is 0 Å². The van der Waals surface area contributed by atoms with E-state index >= 15 is 0 Å². The Bertz CT molecular complexity index is 380. The molecule has 0 unspecified atom stereocenters. The lowest BCUT2D eigenvalue weighted by atomic mass is 9.89. The second-order valence-corrected chi connectivity index (χ2v) is 4.95. The Morgan fingerprint density at radius 2 is 2.06 bits per heavy atom. The highest BCUT2D eigenvalue weighted by atomic mass is 16.2. The van der Waals surface area contributed by atoms with Crippen molar-refractivity contribution < 1.29 is 9.59 Å². The fourth-order valence-electron chi connectivity index (χ4n) is 1.54. The van der Waals surface area contributed by atoms with Crippen LogP contribution in [0.25, 0.3) is 0 Å². The number of aromatic nitrogens is 1. The van der Waals surface area contributed by atoms with Crippen molar-refractivity contribution in [3.63, 3.8) is 0 Å². The molecule has 4 nitrogen and oxygen atoms in total. The second kappa shape index (κ2) is 5.66. The predicted molar refractivity (Wildman–Crippen MR) is 66.7 cm³/mol. The Morgan fingerprint density at radius 1 is 1.35 bits per heavy atom. The van der Waals surface area contributed by atoms with Crippen molar-refractivity contribution in [2.75, 3.05) is 6.54 Å². The predicted octanol–water partition coefficient (Wildman–Crippen LogP) is 1.78. The Hall–Kier alpha value is -1.58. The van der Waals surface area contributed by atoms with Gasteiger partial charge in [-0.1, -0.05) is 13.8 Å². The third kappa shape index (κ3) is 4.43. The van der Waals surface area contributed by atoms with Crippen LogP contribution in [-0.2, 0) is 15.0 Å². The number of H-pyrrole nitrogens is 1. The van der Waals surface area contributed by atoms with E-state index in [1.807, 2.05) is 18.3 Å². The first-order valence-electron chi connectivity index (χ1n) is 5.82. The van der Waals surface area contributed by atoms with Crippen molar-refractivity contribution >= 4 is 11.7 Å². The number of hydrogen-bond donors (Lipinski definition) is 2. The van der Waals surface area contributed by atoms with Crippen LogP contribution in [-0.4, -0.2) is 23.2 Å². The Kier molecular flexibility index (Phi) is 4.49. The van der Waals surface area contributed by atoms with E-state index in [1.165, 1.54) is 6.92 Å². The molecule has 0 saturated carbocycles. The van der Waals surface area contributed by atoms with Gasteiger partial charge < -0.3 is 15.1 Å². The molecule has 0 aliphatic carbocycles. The third-order valence-electron chi connectivity index (χ3n) is 2.76. The fourth-order valence-corrected chi connectivity index (χ4v) is 1.54. The average Bonchev–Trinajstić information content (AvgIpc) is 2.77. The maximum atomic E-state index is 11.5. The summed E-state index contributed by atoms with van der Waals surface area (Å²) in [6.45, 7) is 6.18. The fraction of sp³-hybridized carbons (Fsp3) is 0.538. The molecule has 17 heavy (non-hydrogen) atoms. The highest BCUT2D eigenvalue weighted by Gasteiger charge is 2.22. The molecule has 1 aromatic heterocycles. The van der Waals surface area contributed by atoms with Crippen molar-refractivity contribution in [3.05, 3.63) is 24.0 Å². The van der Waals surface area contributed by atoms with Gasteiger partial charge in [-0.15, -0.1) is 0 Å². The summed E-state index contributed by atoms with van der Waals surface area (Å²) >= 11 is 0. The van der Waals surface area contributed by atoms with Crippen LogP contribution in [0.15, 0.2) is 18.3 Å². The Morgan fingerprint density at radius 3 is 2.59 bits per heavy atom. The Labute approximate surface area is 102 Å². The van der Waals surface area contributed by atoms with Gasteiger partial charge in [-0.05, 0) is 19.1 Å². The Balaban J connectivity index is 2.40. The molecule has 1 heterocycles. The lowest BCUT2D eigenvalue weighted by Gasteiger charge is -2.23. The van der Waals surface area contributed by atoms with Gasteiger partial charge in [0.15, 0.2) is 0 Å². The molecule has 4 heteroatoms. The van der Waals surface area contributed by atoms with Gasteiger partial charge in [-0.2, -0.15) is 0 Å². The number of carbonyl (C=O) groups excluding carboxylic acids is 2. The van der Waals surface area contributed by atoms with Crippen LogP contribution in [0, 0.1) is 0 Å². The third-order valence-corrected chi connectivity index (χ3v) is 2.76. The SMILES string of the molecule is CC(=O)CCC(=O)NCC(C)(C)c1ccc[nH]1. The van der Waals surface area contributed by atoms with E-state index < -0.39 is 0 Å². The highest BCUT2D eigenvalue weighted by molar-refractivity contribution is 5.83. The van der Waals surface area contributed by atoms with Gasteiger partial charge in [0, 0.05) is 36.7 Å². The number of carbonyl (C=O) groups is 2. The van der Waals surface area contributed by atoms with Crippen LogP contribution in [0.5, 0.6) is 0 Å². The maximum Gasteiger partial charge on any atom is 0.220 e. The number of aromatic amines is 1. The highest BCUT2D eigenvalue weighted by Crippen LogP contribution is 2.19. The van der Waals surface area contributed by atoms with Crippen LogP contribution in [0.3, 0.4) is 0 Å². The van der Waals surface area contributed by atoms with Gasteiger partial charge in [0.05, 0.1) is 0 Å². The lowest BCUT2D eigenvalue weighted by molar-refractivity contribution is -0.124. The number of Topliss-reactive ketones (excluding diaryl/α,β-unsaturated/α-hetero) is 1. The van der Waals surface area contributed by atoms with Gasteiger partial charge >= 0.3 is 0 Å². The summed E-state index contributed by atoms with van der Waals surface area (Å²) in [7, 11) is 0. The topological polar surface area (TPSA) is 62.0 Å². The van der Waals surface area contributed by atoms with Crippen LogP contribution in [0.1, 0.15) is 39.3 Å². The molecular weight excluding hydrogens is 216 g/mol. The molecule has 1 aromatic rings. The zero-order valence-corrected chi connectivity index (χ0v) is 10.7. The molecule has 0 atom stereocenters. The van der Waals surface area contributed by atoms with Gasteiger partial charge in [-0.25, -0.2) is 0 Å². The van der Waals surface area contributed by atoms with Crippen LogP contribution in [0.2, 0.25) is 0 Å². The quantitative estimate of drug-likeness (QED) is 0.790. The second-order valence-electron chi connectivity index (χ2n) is 4.95. The molecule has 2 N–H and O–H groups in total. The zero-order chi connectivity index (χ0) is 12.9. The summed E-state index contributed by atoms with van der Waals surface area (Å²) in [6.07, 6.45) is 2.46. The van der Waals surface area contributed by atoms with Gasteiger partial charge in [0.2, 0.25) is 5.91 Å². The monoisotopic (exact) mass is 236 g/mol. The molecule has 0 radical (unpaired) electrons. The first kappa shape index (κ1) is 13.5. The van der Waals surface area contributed by atoms with E-state index in [0.717, 1.165) is 5.69 Å². The first-order chi connectivity index (χ1) is 7.92. The smallest absolute Gasteiger partial charge is 0.220 e. The van der Waals surface area contributed by atoms with E-state index in [0.29, 0.717) is 13.0 Å².